The van der Waals surface area contributed by atoms with Crippen molar-refractivity contribution in [2.24, 2.45) is 0 Å². The number of hydrogen-bond donors (Lipinski definition) is 1. The van der Waals surface area contributed by atoms with Crippen molar-refractivity contribution in [3.8, 4) is 5.75 Å². The molecule has 1 atom stereocenters. The number of ether oxygens (including phenoxy) is 1. The monoisotopic (exact) mass is 275 g/mol. The third-order valence-electron chi connectivity index (χ3n) is 2.31. The lowest BCUT2D eigenvalue weighted by molar-refractivity contribution is -0.117. The maximum Gasteiger partial charge on any atom is 0.261 e. The number of fused-ring (bicyclic) bond motifs is 1. The normalized spacial score (nSPS) is 19.9. The van der Waals surface area contributed by atoms with Crippen LogP contribution in [-0.4, -0.2) is 20.4 Å². The van der Waals surface area contributed by atoms with Gasteiger partial charge in [-0.1, -0.05) is 0 Å². The first-order chi connectivity index (χ1) is 7.86. The van der Waals surface area contributed by atoms with E-state index in [0.29, 0.717) is 11.4 Å². The Morgan fingerprint density at radius 1 is 1.47 bits per heavy atom. The molecule has 5 nitrogen and oxygen atoms in total. The second kappa shape index (κ2) is 4.19. The van der Waals surface area contributed by atoms with E-state index in [2.05, 4.69) is 5.32 Å². The highest BCUT2D eigenvalue weighted by Crippen LogP contribution is 2.32. The Labute approximate surface area is 103 Å². The molecule has 0 radical (unpaired) electrons. The summed E-state index contributed by atoms with van der Waals surface area (Å²) in [5, 5.41) is 2.58. The van der Waals surface area contributed by atoms with Gasteiger partial charge in [0.1, 0.15) is 11.9 Å². The van der Waals surface area contributed by atoms with Gasteiger partial charge in [0.2, 0.25) is 5.91 Å². The molecule has 0 aliphatic carbocycles. The van der Waals surface area contributed by atoms with Crippen molar-refractivity contribution in [1.29, 1.82) is 0 Å². The molecule has 1 aliphatic heterocycles. The van der Waals surface area contributed by atoms with Crippen LogP contribution in [0.15, 0.2) is 23.1 Å². The molecule has 92 valence electrons. The molecule has 0 spiro atoms. The topological polar surface area (TPSA) is 72.5 Å². The Hall–Kier alpha value is -1.27. The van der Waals surface area contributed by atoms with Crippen molar-refractivity contribution < 1.29 is 17.9 Å². The van der Waals surface area contributed by atoms with Gasteiger partial charge in [-0.05, 0) is 25.1 Å². The standard InChI is InChI=1S/C10H10ClNO4S/c1-6-4-10(13)12-8-5-7(17(11,14)15)2-3-9(8)16-6/h2-3,5-6H,4H2,1H3,(H,12,13). The van der Waals surface area contributed by atoms with E-state index < -0.39 is 9.05 Å². The number of anilines is 1. The Morgan fingerprint density at radius 2 is 2.18 bits per heavy atom. The van der Waals surface area contributed by atoms with Crippen molar-refractivity contribution in [2.45, 2.75) is 24.3 Å². The third-order valence-corrected chi connectivity index (χ3v) is 3.66. The number of rotatable bonds is 1. The molecular formula is C10H10ClNO4S. The predicted molar refractivity (Wildman–Crippen MR) is 62.8 cm³/mol. The highest BCUT2D eigenvalue weighted by atomic mass is 35.7. The zero-order valence-corrected chi connectivity index (χ0v) is 10.5. The highest BCUT2D eigenvalue weighted by Gasteiger charge is 2.21. The lowest BCUT2D eigenvalue weighted by atomic mass is 10.3. The number of halogens is 1. The fourth-order valence-electron chi connectivity index (χ4n) is 1.58. The van der Waals surface area contributed by atoms with Crippen LogP contribution < -0.4 is 10.1 Å². The van der Waals surface area contributed by atoms with E-state index in [4.69, 9.17) is 15.4 Å². The van der Waals surface area contributed by atoms with Crippen molar-refractivity contribution in [1.82, 2.24) is 0 Å². The Kier molecular flexibility index (Phi) is 3.01. The Bertz CT molecular complexity index is 570. The summed E-state index contributed by atoms with van der Waals surface area (Å²) in [4.78, 5) is 11.4. The maximum atomic E-state index is 11.4. The predicted octanol–water partition coefficient (Wildman–Crippen LogP) is 1.72. The van der Waals surface area contributed by atoms with Gasteiger partial charge in [0.05, 0.1) is 17.0 Å². The van der Waals surface area contributed by atoms with Gasteiger partial charge < -0.3 is 10.1 Å². The van der Waals surface area contributed by atoms with E-state index in [1.165, 1.54) is 18.2 Å². The molecule has 0 fully saturated rings. The Morgan fingerprint density at radius 3 is 2.82 bits per heavy atom. The molecule has 0 aromatic heterocycles. The zero-order valence-electron chi connectivity index (χ0n) is 8.94. The van der Waals surface area contributed by atoms with Crippen LogP contribution in [0.2, 0.25) is 0 Å². The molecule has 17 heavy (non-hydrogen) atoms. The van der Waals surface area contributed by atoms with Gasteiger partial charge in [0.25, 0.3) is 9.05 Å². The first-order valence-electron chi connectivity index (χ1n) is 4.91. The molecule has 7 heteroatoms. The van der Waals surface area contributed by atoms with Crippen molar-refractivity contribution in [3.05, 3.63) is 18.2 Å². The van der Waals surface area contributed by atoms with Crippen molar-refractivity contribution in [3.63, 3.8) is 0 Å². The second-order valence-electron chi connectivity index (χ2n) is 3.78. The van der Waals surface area contributed by atoms with Crippen molar-refractivity contribution in [2.75, 3.05) is 5.32 Å². The minimum atomic E-state index is -3.81. The number of carbonyl (C=O) groups excluding carboxylic acids is 1. The van der Waals surface area contributed by atoms with Crippen molar-refractivity contribution >= 4 is 31.3 Å². The van der Waals surface area contributed by atoms with Crippen LogP contribution in [0.3, 0.4) is 0 Å². The fourth-order valence-corrected chi connectivity index (χ4v) is 2.36. The van der Waals surface area contributed by atoms with Gasteiger partial charge in [-0.3, -0.25) is 4.79 Å². The summed E-state index contributed by atoms with van der Waals surface area (Å²) in [6.45, 7) is 1.76. The minimum Gasteiger partial charge on any atom is -0.488 e. The van der Waals surface area contributed by atoms with Crippen LogP contribution in [0.5, 0.6) is 5.75 Å². The zero-order chi connectivity index (χ0) is 12.6. The first kappa shape index (κ1) is 12.2. The highest BCUT2D eigenvalue weighted by molar-refractivity contribution is 8.13. The molecule has 0 saturated heterocycles. The van der Waals surface area contributed by atoms with Gasteiger partial charge in [0.15, 0.2) is 0 Å². The number of benzene rings is 1. The van der Waals surface area contributed by atoms with Crippen LogP contribution in [0.25, 0.3) is 0 Å². The summed E-state index contributed by atoms with van der Waals surface area (Å²) >= 11 is 0. The lowest BCUT2D eigenvalue weighted by Crippen LogP contribution is -2.17. The van der Waals surface area contributed by atoms with E-state index >= 15 is 0 Å². The largest absolute Gasteiger partial charge is 0.488 e. The molecule has 0 bridgehead atoms. The minimum absolute atomic E-state index is 0.0728. The Balaban J connectivity index is 2.49. The molecule has 1 unspecified atom stereocenters. The summed E-state index contributed by atoms with van der Waals surface area (Å²) in [7, 11) is 1.41. The summed E-state index contributed by atoms with van der Waals surface area (Å²) in [6, 6.07) is 4.10. The van der Waals surface area contributed by atoms with E-state index in [9.17, 15) is 13.2 Å². The molecule has 2 rings (SSSR count). The third kappa shape index (κ3) is 2.70. The van der Waals surface area contributed by atoms with Gasteiger partial charge in [-0.25, -0.2) is 8.42 Å². The van der Waals surface area contributed by atoms with Crippen LogP contribution in [0, 0.1) is 0 Å². The summed E-state index contributed by atoms with van der Waals surface area (Å²) < 4.78 is 27.8. The van der Waals surface area contributed by atoms with E-state index in [0.717, 1.165) is 0 Å². The first-order valence-corrected chi connectivity index (χ1v) is 7.22. The smallest absolute Gasteiger partial charge is 0.261 e. The van der Waals surface area contributed by atoms with E-state index in [-0.39, 0.29) is 23.3 Å². The molecule has 1 heterocycles. The summed E-state index contributed by atoms with van der Waals surface area (Å²) in [5.41, 5.74) is 0.320. The van der Waals surface area contributed by atoms with Gasteiger partial charge in [-0.15, -0.1) is 0 Å². The molecular weight excluding hydrogens is 266 g/mol. The lowest BCUT2D eigenvalue weighted by Gasteiger charge is -2.11. The number of amides is 1. The SMILES string of the molecule is CC1CC(=O)Nc2cc(S(=O)(=O)Cl)ccc2O1. The summed E-state index contributed by atoms with van der Waals surface area (Å²) in [5.74, 6) is 0.216. The van der Waals surface area contributed by atoms with Gasteiger partial charge in [0, 0.05) is 10.7 Å². The number of hydrogen-bond acceptors (Lipinski definition) is 4. The van der Waals surface area contributed by atoms with Crippen LogP contribution in [0.4, 0.5) is 5.69 Å². The molecule has 1 aromatic rings. The average Bonchev–Trinajstić information content (AvgIpc) is 2.31. The number of nitrogens with one attached hydrogen (secondary N) is 1. The maximum absolute atomic E-state index is 11.4. The van der Waals surface area contributed by atoms with Crippen LogP contribution >= 0.6 is 10.7 Å². The van der Waals surface area contributed by atoms with Gasteiger partial charge in [-0.2, -0.15) is 0 Å². The molecule has 1 amide bonds. The number of carbonyl (C=O) groups is 1. The molecule has 0 saturated carbocycles. The van der Waals surface area contributed by atoms with Gasteiger partial charge >= 0.3 is 0 Å². The van der Waals surface area contributed by atoms with E-state index in [1.54, 1.807) is 6.92 Å². The van der Waals surface area contributed by atoms with E-state index in [1.807, 2.05) is 0 Å². The fraction of sp³-hybridized carbons (Fsp3) is 0.300. The average molecular weight is 276 g/mol. The molecule has 1 aromatic carbocycles. The molecule has 1 aliphatic rings. The van der Waals surface area contributed by atoms with Crippen LogP contribution in [-0.2, 0) is 13.8 Å². The summed E-state index contributed by atoms with van der Waals surface area (Å²) in [6.07, 6.45) is -0.0350. The quantitative estimate of drug-likeness (QED) is 0.792. The second-order valence-corrected chi connectivity index (χ2v) is 6.34. The van der Waals surface area contributed by atoms with Crippen LogP contribution in [0.1, 0.15) is 13.3 Å². The molecule has 1 N–H and O–H groups in total.